The van der Waals surface area contributed by atoms with Crippen molar-refractivity contribution in [1.82, 2.24) is 9.80 Å². The number of halogens is 2. The van der Waals surface area contributed by atoms with Gasteiger partial charge in [-0.1, -0.05) is 6.07 Å². The third kappa shape index (κ3) is 2.67. The van der Waals surface area contributed by atoms with Crippen molar-refractivity contribution in [3.05, 3.63) is 35.4 Å². The summed E-state index contributed by atoms with van der Waals surface area (Å²) in [4.78, 5) is 16.8. The second-order valence-corrected chi connectivity index (χ2v) is 6.35. The highest BCUT2D eigenvalue weighted by Crippen LogP contribution is 2.39. The normalized spacial score (nSPS) is 26.8. The Labute approximate surface area is 123 Å². The van der Waals surface area contributed by atoms with Gasteiger partial charge in [-0.2, -0.15) is 0 Å². The molecule has 21 heavy (non-hydrogen) atoms. The molecule has 1 atom stereocenters. The number of hydrogen-bond acceptors (Lipinski definition) is 2. The monoisotopic (exact) mass is 294 g/mol. The average Bonchev–Trinajstić information content (AvgIpc) is 2.82. The highest BCUT2D eigenvalue weighted by Gasteiger charge is 2.47. The summed E-state index contributed by atoms with van der Waals surface area (Å²) in [7, 11) is 2.04. The van der Waals surface area contributed by atoms with Crippen molar-refractivity contribution >= 4 is 5.91 Å². The molecule has 2 heterocycles. The average molecular weight is 294 g/mol. The fourth-order valence-electron chi connectivity index (χ4n) is 3.62. The predicted molar refractivity (Wildman–Crippen MR) is 75.6 cm³/mol. The standard InChI is InChI=1S/C16H20F2N2O/c1-19-8-6-16(11-19)5-2-7-20(15(16)21)10-12-3-4-13(17)14(18)9-12/h3-4,9H,2,5-8,10-11H2,1H3/t16-/m1/s1. The van der Waals surface area contributed by atoms with Crippen LogP contribution in [0.1, 0.15) is 24.8 Å². The van der Waals surface area contributed by atoms with E-state index in [0.717, 1.165) is 38.4 Å². The van der Waals surface area contributed by atoms with Gasteiger partial charge in [0, 0.05) is 19.6 Å². The molecule has 0 N–H and O–H groups in total. The minimum Gasteiger partial charge on any atom is -0.338 e. The Bertz CT molecular complexity index is 559. The van der Waals surface area contributed by atoms with Crippen LogP contribution < -0.4 is 0 Å². The Kier molecular flexibility index (Phi) is 3.69. The van der Waals surface area contributed by atoms with Gasteiger partial charge in [0.05, 0.1) is 5.41 Å². The summed E-state index contributed by atoms with van der Waals surface area (Å²) in [5.74, 6) is -1.53. The maximum atomic E-state index is 13.3. The number of hydrogen-bond donors (Lipinski definition) is 0. The third-order valence-electron chi connectivity index (χ3n) is 4.73. The van der Waals surface area contributed by atoms with Crippen molar-refractivity contribution in [2.24, 2.45) is 5.41 Å². The Morgan fingerprint density at radius 2 is 2.00 bits per heavy atom. The first-order chi connectivity index (χ1) is 10.00. The molecule has 1 spiro atoms. The number of nitrogens with zero attached hydrogens (tertiary/aromatic N) is 2. The van der Waals surface area contributed by atoms with E-state index in [9.17, 15) is 13.6 Å². The van der Waals surface area contributed by atoms with Gasteiger partial charge in [-0.15, -0.1) is 0 Å². The van der Waals surface area contributed by atoms with Crippen molar-refractivity contribution in [3.8, 4) is 0 Å². The molecule has 3 nitrogen and oxygen atoms in total. The van der Waals surface area contributed by atoms with E-state index in [1.54, 1.807) is 11.0 Å². The fourth-order valence-corrected chi connectivity index (χ4v) is 3.62. The molecule has 0 bridgehead atoms. The largest absolute Gasteiger partial charge is 0.338 e. The van der Waals surface area contributed by atoms with Gasteiger partial charge >= 0.3 is 0 Å². The zero-order chi connectivity index (χ0) is 15.0. The van der Waals surface area contributed by atoms with Gasteiger partial charge < -0.3 is 9.80 Å². The van der Waals surface area contributed by atoms with E-state index in [2.05, 4.69) is 4.90 Å². The first-order valence-electron chi connectivity index (χ1n) is 7.42. The van der Waals surface area contributed by atoms with Crippen LogP contribution in [0.3, 0.4) is 0 Å². The van der Waals surface area contributed by atoms with Gasteiger partial charge in [0.2, 0.25) is 5.91 Å². The van der Waals surface area contributed by atoms with Crippen molar-refractivity contribution in [1.29, 1.82) is 0 Å². The summed E-state index contributed by atoms with van der Waals surface area (Å²) in [5, 5.41) is 0. The molecule has 2 aliphatic rings. The van der Waals surface area contributed by atoms with Gasteiger partial charge in [-0.25, -0.2) is 8.78 Å². The molecule has 0 aliphatic carbocycles. The second kappa shape index (κ2) is 5.37. The zero-order valence-corrected chi connectivity index (χ0v) is 12.2. The molecule has 2 fully saturated rings. The predicted octanol–water partition coefficient (Wildman–Crippen LogP) is 2.41. The van der Waals surface area contributed by atoms with E-state index < -0.39 is 11.6 Å². The van der Waals surface area contributed by atoms with E-state index in [-0.39, 0.29) is 11.3 Å². The number of amides is 1. The van der Waals surface area contributed by atoms with Gasteiger partial charge in [0.25, 0.3) is 0 Å². The van der Waals surface area contributed by atoms with Crippen LogP contribution in [0.5, 0.6) is 0 Å². The third-order valence-corrected chi connectivity index (χ3v) is 4.73. The molecular formula is C16H20F2N2O. The topological polar surface area (TPSA) is 23.6 Å². The maximum absolute atomic E-state index is 13.3. The SMILES string of the molecule is CN1CC[C@]2(CCCN(Cc3ccc(F)c(F)c3)C2=O)C1. The zero-order valence-electron chi connectivity index (χ0n) is 12.2. The molecule has 1 aromatic rings. The lowest BCUT2D eigenvalue weighted by Gasteiger charge is -2.39. The number of rotatable bonds is 2. The van der Waals surface area contributed by atoms with Gasteiger partial charge in [0.1, 0.15) is 0 Å². The Balaban J connectivity index is 1.76. The van der Waals surface area contributed by atoms with Crippen LogP contribution in [0.25, 0.3) is 0 Å². The van der Waals surface area contributed by atoms with Crippen LogP contribution in [-0.4, -0.2) is 42.4 Å². The van der Waals surface area contributed by atoms with Crippen molar-refractivity contribution < 1.29 is 13.6 Å². The number of benzene rings is 1. The van der Waals surface area contributed by atoms with Crippen molar-refractivity contribution in [2.75, 3.05) is 26.7 Å². The van der Waals surface area contributed by atoms with E-state index in [1.165, 1.54) is 6.07 Å². The summed E-state index contributed by atoms with van der Waals surface area (Å²) in [5.41, 5.74) is 0.386. The molecule has 1 aromatic carbocycles. The molecule has 2 saturated heterocycles. The lowest BCUT2D eigenvalue weighted by atomic mass is 9.78. The molecule has 114 valence electrons. The van der Waals surface area contributed by atoms with Gasteiger partial charge in [-0.3, -0.25) is 4.79 Å². The highest BCUT2D eigenvalue weighted by molar-refractivity contribution is 5.84. The number of likely N-dealkylation sites (tertiary alicyclic amines) is 2. The fraction of sp³-hybridized carbons (Fsp3) is 0.562. The quantitative estimate of drug-likeness (QED) is 0.836. The molecule has 5 heteroatoms. The minimum atomic E-state index is -0.854. The molecule has 0 saturated carbocycles. The second-order valence-electron chi connectivity index (χ2n) is 6.35. The smallest absolute Gasteiger partial charge is 0.230 e. The maximum Gasteiger partial charge on any atom is 0.230 e. The first-order valence-corrected chi connectivity index (χ1v) is 7.42. The summed E-state index contributed by atoms with van der Waals surface area (Å²) in [6.45, 7) is 2.82. The molecule has 0 unspecified atom stereocenters. The summed E-state index contributed by atoms with van der Waals surface area (Å²) >= 11 is 0. The molecule has 2 aliphatic heterocycles. The van der Waals surface area contributed by atoms with Crippen LogP contribution in [-0.2, 0) is 11.3 Å². The van der Waals surface area contributed by atoms with Crippen LogP contribution in [0, 0.1) is 17.0 Å². The summed E-state index contributed by atoms with van der Waals surface area (Å²) in [6, 6.07) is 3.86. The van der Waals surface area contributed by atoms with E-state index >= 15 is 0 Å². The summed E-state index contributed by atoms with van der Waals surface area (Å²) < 4.78 is 26.3. The lowest BCUT2D eigenvalue weighted by molar-refractivity contribution is -0.146. The van der Waals surface area contributed by atoms with E-state index in [0.29, 0.717) is 18.7 Å². The van der Waals surface area contributed by atoms with E-state index in [1.807, 2.05) is 7.05 Å². The van der Waals surface area contributed by atoms with Crippen LogP contribution in [0.15, 0.2) is 18.2 Å². The molecular weight excluding hydrogens is 274 g/mol. The minimum absolute atomic E-state index is 0.169. The first kappa shape index (κ1) is 14.4. The van der Waals surface area contributed by atoms with Crippen LogP contribution >= 0.6 is 0 Å². The number of carbonyl (C=O) groups excluding carboxylic acids is 1. The molecule has 1 amide bonds. The Hall–Kier alpha value is -1.49. The molecule has 0 radical (unpaired) electrons. The number of carbonyl (C=O) groups is 1. The number of piperidine rings is 1. The van der Waals surface area contributed by atoms with Crippen molar-refractivity contribution in [2.45, 2.75) is 25.8 Å². The van der Waals surface area contributed by atoms with Gasteiger partial charge in [-0.05, 0) is 50.6 Å². The van der Waals surface area contributed by atoms with Crippen LogP contribution in [0.4, 0.5) is 8.78 Å². The highest BCUT2D eigenvalue weighted by atomic mass is 19.2. The lowest BCUT2D eigenvalue weighted by Crippen LogP contribution is -2.49. The van der Waals surface area contributed by atoms with Crippen LogP contribution in [0.2, 0.25) is 0 Å². The summed E-state index contributed by atoms with van der Waals surface area (Å²) in [6.07, 6.45) is 2.81. The van der Waals surface area contributed by atoms with E-state index in [4.69, 9.17) is 0 Å². The molecule has 3 rings (SSSR count). The molecule has 0 aromatic heterocycles. The van der Waals surface area contributed by atoms with Crippen molar-refractivity contribution in [3.63, 3.8) is 0 Å². The Morgan fingerprint density at radius 1 is 1.19 bits per heavy atom. The Morgan fingerprint density at radius 3 is 2.67 bits per heavy atom. The van der Waals surface area contributed by atoms with Gasteiger partial charge in [0.15, 0.2) is 11.6 Å².